The Morgan fingerprint density at radius 2 is 2.21 bits per heavy atom. The molecule has 2 N–H and O–H groups in total. The number of nitrogen functional groups attached to an aromatic ring is 1. The van der Waals surface area contributed by atoms with E-state index in [9.17, 15) is 4.79 Å². The van der Waals surface area contributed by atoms with Crippen molar-refractivity contribution in [1.82, 2.24) is 9.78 Å². The third kappa shape index (κ3) is 1.57. The van der Waals surface area contributed by atoms with Gasteiger partial charge in [-0.05, 0) is 13.3 Å². The average Bonchev–Trinajstić information content (AvgIpc) is 2.53. The number of ether oxygens (including phenoxy) is 1. The minimum atomic E-state index is -0.430. The van der Waals surface area contributed by atoms with E-state index in [0.29, 0.717) is 24.5 Å². The highest BCUT2D eigenvalue weighted by atomic mass is 16.5. The van der Waals surface area contributed by atoms with E-state index in [1.54, 1.807) is 4.68 Å². The van der Waals surface area contributed by atoms with Crippen LogP contribution in [0.3, 0.4) is 0 Å². The Labute approximate surface area is 82.8 Å². The molecule has 0 saturated heterocycles. The Balaban J connectivity index is 3.22. The van der Waals surface area contributed by atoms with Crippen LogP contribution < -0.4 is 5.73 Å². The van der Waals surface area contributed by atoms with Crippen molar-refractivity contribution in [2.75, 3.05) is 12.8 Å². The first-order chi connectivity index (χ1) is 6.65. The van der Waals surface area contributed by atoms with Crippen molar-refractivity contribution in [3.8, 4) is 0 Å². The minimum absolute atomic E-state index is 0.328. The van der Waals surface area contributed by atoms with Crippen molar-refractivity contribution >= 4 is 11.8 Å². The first-order valence-electron chi connectivity index (χ1n) is 4.59. The van der Waals surface area contributed by atoms with Gasteiger partial charge in [0.2, 0.25) is 0 Å². The zero-order chi connectivity index (χ0) is 10.7. The lowest BCUT2D eigenvalue weighted by Gasteiger charge is -1.98. The lowest BCUT2D eigenvalue weighted by molar-refractivity contribution is 0.0592. The van der Waals surface area contributed by atoms with Crippen LogP contribution in [0.1, 0.15) is 29.9 Å². The Morgan fingerprint density at radius 1 is 1.57 bits per heavy atom. The van der Waals surface area contributed by atoms with Crippen LogP contribution in [0.2, 0.25) is 0 Å². The van der Waals surface area contributed by atoms with Crippen molar-refractivity contribution in [3.05, 3.63) is 11.3 Å². The summed E-state index contributed by atoms with van der Waals surface area (Å²) in [6.07, 6.45) is 0.677. The molecule has 5 heteroatoms. The fourth-order valence-electron chi connectivity index (χ4n) is 1.36. The van der Waals surface area contributed by atoms with E-state index in [0.717, 1.165) is 5.56 Å². The fraction of sp³-hybridized carbons (Fsp3) is 0.556. The molecule has 5 nitrogen and oxygen atoms in total. The summed E-state index contributed by atoms with van der Waals surface area (Å²) in [5, 5.41) is 4.09. The molecule has 78 valence electrons. The van der Waals surface area contributed by atoms with Gasteiger partial charge in [0.25, 0.3) is 0 Å². The molecule has 0 bridgehead atoms. The van der Waals surface area contributed by atoms with Crippen LogP contribution in [-0.2, 0) is 17.7 Å². The van der Waals surface area contributed by atoms with Crippen LogP contribution in [0.5, 0.6) is 0 Å². The number of aryl methyl sites for hydroxylation is 1. The molecular weight excluding hydrogens is 182 g/mol. The van der Waals surface area contributed by atoms with Gasteiger partial charge in [-0.15, -0.1) is 0 Å². The summed E-state index contributed by atoms with van der Waals surface area (Å²) in [7, 11) is 1.34. The third-order valence-corrected chi connectivity index (χ3v) is 2.13. The molecule has 0 aliphatic carbocycles. The number of hydrogen-bond acceptors (Lipinski definition) is 4. The number of carbonyl (C=O) groups excluding carboxylic acids is 1. The van der Waals surface area contributed by atoms with Crippen molar-refractivity contribution < 1.29 is 9.53 Å². The number of methoxy groups -OCH3 is 1. The molecule has 0 aliphatic rings. The molecule has 14 heavy (non-hydrogen) atoms. The predicted octanol–water partition coefficient (Wildman–Crippen LogP) is 0.834. The van der Waals surface area contributed by atoms with Crippen LogP contribution in [0.15, 0.2) is 0 Å². The van der Waals surface area contributed by atoms with Crippen LogP contribution >= 0.6 is 0 Å². The molecule has 0 aliphatic heterocycles. The molecule has 0 atom stereocenters. The van der Waals surface area contributed by atoms with Crippen LogP contribution in [-0.4, -0.2) is 22.9 Å². The predicted molar refractivity (Wildman–Crippen MR) is 53.0 cm³/mol. The van der Waals surface area contributed by atoms with Crippen LogP contribution in [0.25, 0.3) is 0 Å². The minimum Gasteiger partial charge on any atom is -0.464 e. The van der Waals surface area contributed by atoms with Crippen molar-refractivity contribution in [1.29, 1.82) is 0 Å². The number of nitrogens with zero attached hydrogens (tertiary/aromatic N) is 2. The number of aromatic nitrogens is 2. The summed E-state index contributed by atoms with van der Waals surface area (Å²) < 4.78 is 6.22. The molecule has 0 saturated carbocycles. The molecule has 1 aromatic rings. The van der Waals surface area contributed by atoms with E-state index in [4.69, 9.17) is 5.73 Å². The van der Waals surface area contributed by atoms with Gasteiger partial charge in [0.1, 0.15) is 5.82 Å². The van der Waals surface area contributed by atoms with E-state index < -0.39 is 5.97 Å². The van der Waals surface area contributed by atoms with Crippen LogP contribution in [0.4, 0.5) is 5.82 Å². The molecule has 1 heterocycles. The first kappa shape index (κ1) is 10.6. The molecule has 0 aromatic carbocycles. The quantitative estimate of drug-likeness (QED) is 0.729. The maximum atomic E-state index is 11.3. The van der Waals surface area contributed by atoms with E-state index >= 15 is 0 Å². The number of carbonyl (C=O) groups is 1. The highest BCUT2D eigenvalue weighted by Crippen LogP contribution is 2.18. The van der Waals surface area contributed by atoms with Gasteiger partial charge in [0, 0.05) is 12.1 Å². The standard InChI is InChI=1S/C9H15N3O2/c1-4-6-7(9(13)14-3)11-12(5-2)8(6)10/h4-5,10H2,1-3H3. The van der Waals surface area contributed by atoms with Gasteiger partial charge >= 0.3 is 5.97 Å². The van der Waals surface area contributed by atoms with Crippen molar-refractivity contribution in [2.24, 2.45) is 0 Å². The third-order valence-electron chi connectivity index (χ3n) is 2.13. The topological polar surface area (TPSA) is 70.1 Å². The first-order valence-corrected chi connectivity index (χ1v) is 4.59. The summed E-state index contributed by atoms with van der Waals surface area (Å²) in [6, 6.07) is 0. The Bertz CT molecular complexity index is 344. The van der Waals surface area contributed by atoms with Gasteiger partial charge in [-0.25, -0.2) is 9.48 Å². The zero-order valence-electron chi connectivity index (χ0n) is 8.70. The monoisotopic (exact) mass is 197 g/mol. The van der Waals surface area contributed by atoms with E-state index in [1.807, 2.05) is 13.8 Å². The molecule has 1 rings (SSSR count). The second-order valence-corrected chi connectivity index (χ2v) is 2.87. The van der Waals surface area contributed by atoms with Gasteiger partial charge < -0.3 is 10.5 Å². The largest absolute Gasteiger partial charge is 0.464 e. The molecule has 0 unspecified atom stereocenters. The number of anilines is 1. The number of hydrogen-bond donors (Lipinski definition) is 1. The molecule has 0 spiro atoms. The second kappa shape index (κ2) is 4.13. The zero-order valence-corrected chi connectivity index (χ0v) is 8.70. The van der Waals surface area contributed by atoms with Crippen molar-refractivity contribution in [2.45, 2.75) is 26.8 Å². The SMILES string of the molecule is CCc1c(C(=O)OC)nn(CC)c1N. The summed E-state index contributed by atoms with van der Waals surface area (Å²) in [4.78, 5) is 11.3. The van der Waals surface area contributed by atoms with E-state index in [2.05, 4.69) is 9.84 Å². The fourth-order valence-corrected chi connectivity index (χ4v) is 1.36. The highest BCUT2D eigenvalue weighted by molar-refractivity contribution is 5.90. The average molecular weight is 197 g/mol. The summed E-state index contributed by atoms with van der Waals surface area (Å²) >= 11 is 0. The lowest BCUT2D eigenvalue weighted by atomic mass is 10.2. The maximum Gasteiger partial charge on any atom is 0.358 e. The number of nitrogens with two attached hydrogens (primary N) is 1. The van der Waals surface area contributed by atoms with Crippen LogP contribution in [0, 0.1) is 0 Å². The van der Waals surface area contributed by atoms with Crippen molar-refractivity contribution in [3.63, 3.8) is 0 Å². The Hall–Kier alpha value is -1.52. The number of rotatable bonds is 3. The van der Waals surface area contributed by atoms with Gasteiger partial charge in [-0.2, -0.15) is 5.10 Å². The molecule has 0 amide bonds. The molecular formula is C9H15N3O2. The molecule has 0 fully saturated rings. The van der Waals surface area contributed by atoms with E-state index in [-0.39, 0.29) is 0 Å². The van der Waals surface area contributed by atoms with Gasteiger partial charge in [-0.3, -0.25) is 0 Å². The lowest BCUT2D eigenvalue weighted by Crippen LogP contribution is -2.06. The highest BCUT2D eigenvalue weighted by Gasteiger charge is 2.19. The Morgan fingerprint density at radius 3 is 2.64 bits per heavy atom. The number of esters is 1. The Kier molecular flexibility index (Phi) is 3.11. The summed E-state index contributed by atoms with van der Waals surface area (Å²) in [5.74, 6) is 0.121. The molecule has 0 radical (unpaired) electrons. The molecule has 1 aromatic heterocycles. The summed E-state index contributed by atoms with van der Waals surface area (Å²) in [6.45, 7) is 4.50. The summed E-state index contributed by atoms with van der Waals surface area (Å²) in [5.41, 5.74) is 6.90. The second-order valence-electron chi connectivity index (χ2n) is 2.87. The van der Waals surface area contributed by atoms with Gasteiger partial charge in [-0.1, -0.05) is 6.92 Å². The van der Waals surface area contributed by atoms with E-state index in [1.165, 1.54) is 7.11 Å². The smallest absolute Gasteiger partial charge is 0.358 e. The van der Waals surface area contributed by atoms with Gasteiger partial charge in [0.15, 0.2) is 5.69 Å². The van der Waals surface area contributed by atoms with Gasteiger partial charge in [0.05, 0.1) is 7.11 Å². The normalized spacial score (nSPS) is 10.2. The maximum absolute atomic E-state index is 11.3.